The summed E-state index contributed by atoms with van der Waals surface area (Å²) in [7, 11) is 0. The zero-order valence-corrected chi connectivity index (χ0v) is 16.3. The lowest BCUT2D eigenvalue weighted by atomic mass is 9.89. The second-order valence-corrected chi connectivity index (χ2v) is 7.16. The van der Waals surface area contributed by atoms with Gasteiger partial charge in [-0.2, -0.15) is 0 Å². The molecule has 2 aromatic carbocycles. The molecule has 2 aromatic rings. The lowest BCUT2D eigenvalue weighted by Gasteiger charge is -2.37. The topological polar surface area (TPSA) is 79.2 Å². The van der Waals surface area contributed by atoms with Gasteiger partial charge in [-0.25, -0.2) is 0 Å². The van der Waals surface area contributed by atoms with Crippen LogP contribution in [0, 0.1) is 13.8 Å². The molecule has 5 nitrogen and oxygen atoms in total. The van der Waals surface area contributed by atoms with Gasteiger partial charge >= 0.3 is 7.69 Å². The van der Waals surface area contributed by atoms with E-state index in [1.807, 2.05) is 64.1 Å². The minimum absolute atomic E-state index is 0. The van der Waals surface area contributed by atoms with Crippen molar-refractivity contribution in [3.8, 4) is 17.2 Å². The van der Waals surface area contributed by atoms with Gasteiger partial charge in [-0.3, -0.25) is 0 Å². The zero-order valence-electron chi connectivity index (χ0n) is 16.3. The molecule has 0 atom stereocenters. The van der Waals surface area contributed by atoms with Gasteiger partial charge in [0.05, 0.1) is 5.60 Å². The van der Waals surface area contributed by atoms with Crippen LogP contribution in [0.1, 0.15) is 38.8 Å². The Bertz CT molecular complexity index is 687. The lowest BCUT2D eigenvalue weighted by molar-refractivity contribution is -0.0912. The van der Waals surface area contributed by atoms with Crippen molar-refractivity contribution < 1.29 is 24.6 Å². The standard InChI is InChI=1S/C20H26O3.BH2O2/c1-14-11-15(2)13-16(12-14)22-17-9-7-8-10-18(17)23-20(5,6)19(3,4)21;2-1-3/h7-13,21H,1-6H3;2-3H. The summed E-state index contributed by atoms with van der Waals surface area (Å²) in [6.07, 6.45) is 0. The van der Waals surface area contributed by atoms with Gasteiger partial charge in [0.15, 0.2) is 11.5 Å². The third-order valence-corrected chi connectivity index (χ3v) is 4.11. The van der Waals surface area contributed by atoms with E-state index in [1.165, 1.54) is 0 Å². The van der Waals surface area contributed by atoms with E-state index in [1.54, 1.807) is 13.8 Å². The van der Waals surface area contributed by atoms with Gasteiger partial charge in [0.1, 0.15) is 11.4 Å². The van der Waals surface area contributed by atoms with E-state index in [4.69, 9.17) is 19.5 Å². The fourth-order valence-electron chi connectivity index (χ4n) is 2.14. The molecule has 1 radical (unpaired) electrons. The number of aliphatic hydroxyl groups is 1. The summed E-state index contributed by atoms with van der Waals surface area (Å²) in [5.74, 6) is 2.02. The SMILES string of the molecule is Cc1cc(C)cc(Oc2ccccc2OC(C)(C)C(C)(C)O)c1.O[B]O. The number of ether oxygens (including phenoxy) is 2. The molecule has 0 spiro atoms. The molecule has 0 aliphatic carbocycles. The number of rotatable bonds is 5. The minimum atomic E-state index is -0.986. The summed E-state index contributed by atoms with van der Waals surface area (Å²) in [5.41, 5.74) is 0.556. The lowest BCUT2D eigenvalue weighted by Crippen LogP contribution is -2.49. The third kappa shape index (κ3) is 6.37. The van der Waals surface area contributed by atoms with E-state index in [-0.39, 0.29) is 7.69 Å². The van der Waals surface area contributed by atoms with Crippen LogP contribution in [-0.4, -0.2) is 34.0 Å². The van der Waals surface area contributed by atoms with E-state index in [2.05, 4.69) is 6.07 Å². The summed E-state index contributed by atoms with van der Waals surface area (Å²) in [6, 6.07) is 13.6. The normalized spacial score (nSPS) is 11.3. The van der Waals surface area contributed by atoms with E-state index in [0.717, 1.165) is 16.9 Å². The van der Waals surface area contributed by atoms with Crippen LogP contribution in [0.3, 0.4) is 0 Å². The van der Waals surface area contributed by atoms with Gasteiger partial charge in [0, 0.05) is 0 Å². The molecule has 26 heavy (non-hydrogen) atoms. The maximum atomic E-state index is 10.3. The Kier molecular flexibility index (Phi) is 7.69. The Balaban J connectivity index is 0.00000105. The molecular formula is C20H28BO5. The van der Waals surface area contributed by atoms with Crippen LogP contribution in [0.4, 0.5) is 0 Å². The Morgan fingerprint density at radius 3 is 1.77 bits per heavy atom. The number of hydrogen-bond donors (Lipinski definition) is 3. The molecule has 141 valence electrons. The van der Waals surface area contributed by atoms with Crippen LogP contribution in [0.2, 0.25) is 0 Å². The molecule has 0 heterocycles. The highest BCUT2D eigenvalue weighted by Crippen LogP contribution is 2.36. The molecule has 0 aliphatic rings. The molecule has 0 saturated heterocycles. The molecule has 0 amide bonds. The van der Waals surface area contributed by atoms with Crippen LogP contribution in [0.5, 0.6) is 17.2 Å². The molecule has 0 saturated carbocycles. The molecule has 6 heteroatoms. The number of aryl methyl sites for hydroxylation is 2. The van der Waals surface area contributed by atoms with Gasteiger partial charge < -0.3 is 24.6 Å². The Morgan fingerprint density at radius 1 is 0.846 bits per heavy atom. The summed E-state index contributed by atoms with van der Waals surface area (Å²) < 4.78 is 12.1. The molecule has 0 bridgehead atoms. The first-order valence-corrected chi connectivity index (χ1v) is 8.37. The van der Waals surface area contributed by atoms with Crippen molar-refractivity contribution >= 4 is 7.69 Å². The summed E-state index contributed by atoms with van der Waals surface area (Å²) in [5, 5.41) is 24.3. The highest BCUT2D eigenvalue weighted by molar-refractivity contribution is 6.13. The Hall–Kier alpha value is -2.02. The fraction of sp³-hybridized carbons (Fsp3) is 0.400. The summed E-state index contributed by atoms with van der Waals surface area (Å²) in [4.78, 5) is 0. The molecule has 0 fully saturated rings. The van der Waals surface area contributed by atoms with Crippen LogP contribution >= 0.6 is 0 Å². The monoisotopic (exact) mass is 359 g/mol. The van der Waals surface area contributed by atoms with E-state index >= 15 is 0 Å². The Morgan fingerprint density at radius 2 is 1.31 bits per heavy atom. The van der Waals surface area contributed by atoms with Crippen molar-refractivity contribution in [2.45, 2.75) is 52.7 Å². The predicted molar refractivity (Wildman–Crippen MR) is 104 cm³/mol. The first kappa shape index (κ1) is 22.0. The first-order valence-electron chi connectivity index (χ1n) is 8.37. The molecule has 0 unspecified atom stereocenters. The van der Waals surface area contributed by atoms with Crippen LogP contribution in [0.25, 0.3) is 0 Å². The van der Waals surface area contributed by atoms with Crippen LogP contribution in [0.15, 0.2) is 42.5 Å². The number of hydrogen-bond acceptors (Lipinski definition) is 5. The average Bonchev–Trinajstić information content (AvgIpc) is 2.47. The van der Waals surface area contributed by atoms with Gasteiger partial charge in [-0.15, -0.1) is 0 Å². The highest BCUT2D eigenvalue weighted by atomic mass is 16.5. The van der Waals surface area contributed by atoms with Gasteiger partial charge in [-0.1, -0.05) is 18.2 Å². The summed E-state index contributed by atoms with van der Waals surface area (Å²) in [6.45, 7) is 11.3. The number of para-hydroxylation sites is 2. The summed E-state index contributed by atoms with van der Waals surface area (Å²) >= 11 is 0. The van der Waals surface area contributed by atoms with Crippen LogP contribution in [-0.2, 0) is 0 Å². The smallest absolute Gasteiger partial charge is 0.481 e. The second kappa shape index (κ2) is 9.08. The highest BCUT2D eigenvalue weighted by Gasteiger charge is 2.37. The molecule has 0 aliphatic heterocycles. The average molecular weight is 359 g/mol. The zero-order chi connectivity index (χ0) is 20.0. The predicted octanol–water partition coefficient (Wildman–Crippen LogP) is 3.53. The van der Waals surface area contributed by atoms with Gasteiger partial charge in [0.25, 0.3) is 0 Å². The van der Waals surface area contributed by atoms with Crippen molar-refractivity contribution in [2.75, 3.05) is 0 Å². The van der Waals surface area contributed by atoms with E-state index in [9.17, 15) is 5.11 Å². The largest absolute Gasteiger partial charge is 0.482 e. The van der Waals surface area contributed by atoms with E-state index in [0.29, 0.717) is 11.5 Å². The maximum absolute atomic E-state index is 10.3. The van der Waals surface area contributed by atoms with Gasteiger partial charge in [0.2, 0.25) is 0 Å². The number of benzene rings is 2. The van der Waals surface area contributed by atoms with Crippen LogP contribution < -0.4 is 9.47 Å². The minimum Gasteiger partial charge on any atom is -0.481 e. The fourth-order valence-corrected chi connectivity index (χ4v) is 2.14. The quantitative estimate of drug-likeness (QED) is 0.712. The van der Waals surface area contributed by atoms with Crippen molar-refractivity contribution in [1.29, 1.82) is 0 Å². The molecule has 0 aromatic heterocycles. The maximum Gasteiger partial charge on any atom is 0.482 e. The van der Waals surface area contributed by atoms with E-state index < -0.39 is 11.2 Å². The third-order valence-electron chi connectivity index (χ3n) is 4.11. The first-order chi connectivity index (χ1) is 12.0. The van der Waals surface area contributed by atoms with Crippen molar-refractivity contribution in [1.82, 2.24) is 0 Å². The van der Waals surface area contributed by atoms with Crippen molar-refractivity contribution in [3.63, 3.8) is 0 Å². The molecular weight excluding hydrogens is 331 g/mol. The molecule has 2 rings (SSSR count). The van der Waals surface area contributed by atoms with Gasteiger partial charge in [-0.05, 0) is 76.9 Å². The molecule has 3 N–H and O–H groups in total. The second-order valence-electron chi connectivity index (χ2n) is 7.16. The van der Waals surface area contributed by atoms with Crippen molar-refractivity contribution in [2.24, 2.45) is 0 Å². The van der Waals surface area contributed by atoms with Crippen molar-refractivity contribution in [3.05, 3.63) is 53.6 Å². The Labute approximate surface area is 156 Å².